The van der Waals surface area contributed by atoms with E-state index in [1.54, 1.807) is 12.1 Å². The molecule has 0 aliphatic carbocycles. The van der Waals surface area contributed by atoms with Crippen LogP contribution < -0.4 is 10.2 Å². The quantitative estimate of drug-likeness (QED) is 0.788. The number of carboxylic acid groups (broad SMARTS) is 1. The Morgan fingerprint density at radius 1 is 1.40 bits per heavy atom. The summed E-state index contributed by atoms with van der Waals surface area (Å²) in [4.78, 5) is 39.1. The number of aromatic carboxylic acids is 1. The number of carbonyl (C=O) groups is 3. The van der Waals surface area contributed by atoms with E-state index in [0.29, 0.717) is 5.69 Å². The predicted molar refractivity (Wildman–Crippen MR) is 65.4 cm³/mol. The van der Waals surface area contributed by atoms with Gasteiger partial charge in [0.05, 0.1) is 5.69 Å². The largest absolute Gasteiger partial charge is 0.475 e. The van der Waals surface area contributed by atoms with E-state index in [0.717, 1.165) is 0 Å². The second-order valence-corrected chi connectivity index (χ2v) is 4.16. The van der Waals surface area contributed by atoms with Crippen molar-refractivity contribution in [2.45, 2.75) is 6.42 Å². The number of amides is 3. The lowest BCUT2D eigenvalue weighted by atomic mass is 10.2. The van der Waals surface area contributed by atoms with Crippen LogP contribution in [-0.4, -0.2) is 44.2 Å². The van der Waals surface area contributed by atoms with Gasteiger partial charge in [-0.15, -0.1) is 5.10 Å². The first-order chi connectivity index (χ1) is 9.56. The Morgan fingerprint density at radius 3 is 2.90 bits per heavy atom. The van der Waals surface area contributed by atoms with Crippen LogP contribution in [0.1, 0.15) is 17.0 Å². The van der Waals surface area contributed by atoms with E-state index in [1.807, 2.05) is 0 Å². The maximum atomic E-state index is 11.8. The van der Waals surface area contributed by atoms with E-state index >= 15 is 0 Å². The molecule has 9 heteroatoms. The van der Waals surface area contributed by atoms with Gasteiger partial charge in [0.1, 0.15) is 0 Å². The van der Waals surface area contributed by atoms with Gasteiger partial charge >= 0.3 is 12.0 Å². The molecule has 2 aromatic rings. The third kappa shape index (κ3) is 1.85. The Balaban J connectivity index is 2.09. The summed E-state index contributed by atoms with van der Waals surface area (Å²) in [5, 5.41) is 14.9. The van der Waals surface area contributed by atoms with Crippen molar-refractivity contribution >= 4 is 29.2 Å². The van der Waals surface area contributed by atoms with E-state index in [1.165, 1.54) is 15.6 Å². The molecule has 0 spiro atoms. The fourth-order valence-electron chi connectivity index (χ4n) is 1.99. The van der Waals surface area contributed by atoms with Gasteiger partial charge in [-0.3, -0.25) is 15.0 Å². The van der Waals surface area contributed by atoms with E-state index in [2.05, 4.69) is 15.4 Å². The monoisotopic (exact) mass is 275 g/mol. The molecule has 102 valence electrons. The van der Waals surface area contributed by atoms with Crippen molar-refractivity contribution in [3.8, 4) is 0 Å². The minimum absolute atomic E-state index is 0.173. The Bertz CT molecular complexity index is 737. The van der Waals surface area contributed by atoms with E-state index in [-0.39, 0.29) is 30.3 Å². The molecule has 0 radical (unpaired) electrons. The molecule has 1 saturated heterocycles. The van der Waals surface area contributed by atoms with Gasteiger partial charge in [0.15, 0.2) is 5.65 Å². The highest BCUT2D eigenvalue weighted by atomic mass is 16.4. The van der Waals surface area contributed by atoms with Gasteiger partial charge in [0.2, 0.25) is 5.91 Å². The number of urea groups is 1. The van der Waals surface area contributed by atoms with Crippen molar-refractivity contribution in [3.63, 3.8) is 0 Å². The lowest BCUT2D eigenvalue weighted by Gasteiger charge is -2.26. The maximum absolute atomic E-state index is 11.8. The minimum atomic E-state index is -1.25. The molecule has 0 atom stereocenters. The number of aromatic nitrogens is 3. The number of nitrogens with one attached hydrogen (secondary N) is 1. The van der Waals surface area contributed by atoms with Crippen LogP contribution in [0.2, 0.25) is 0 Å². The fourth-order valence-corrected chi connectivity index (χ4v) is 1.99. The molecule has 3 amide bonds. The number of imide groups is 1. The number of carbonyl (C=O) groups excluding carboxylic acids is 2. The van der Waals surface area contributed by atoms with E-state index < -0.39 is 12.0 Å². The molecule has 1 aliphatic heterocycles. The van der Waals surface area contributed by atoms with Crippen molar-refractivity contribution in [2.24, 2.45) is 0 Å². The normalized spacial score (nSPS) is 15.5. The van der Waals surface area contributed by atoms with Crippen molar-refractivity contribution in [2.75, 3.05) is 11.4 Å². The van der Waals surface area contributed by atoms with Gasteiger partial charge < -0.3 is 5.11 Å². The van der Waals surface area contributed by atoms with Crippen molar-refractivity contribution in [1.29, 1.82) is 0 Å². The Kier molecular flexibility index (Phi) is 2.60. The van der Waals surface area contributed by atoms with Crippen LogP contribution in [0, 0.1) is 0 Å². The highest BCUT2D eigenvalue weighted by Gasteiger charge is 2.27. The molecule has 0 aromatic carbocycles. The van der Waals surface area contributed by atoms with Crippen LogP contribution >= 0.6 is 0 Å². The summed E-state index contributed by atoms with van der Waals surface area (Å²) >= 11 is 0. The summed E-state index contributed by atoms with van der Waals surface area (Å²) < 4.78 is 1.28. The minimum Gasteiger partial charge on any atom is -0.475 e. The number of rotatable bonds is 2. The molecule has 0 unspecified atom stereocenters. The molecular formula is C11H9N5O4. The molecule has 3 rings (SSSR count). The first-order valence-electron chi connectivity index (χ1n) is 5.76. The number of pyridine rings is 1. The maximum Gasteiger partial charge on any atom is 0.375 e. The van der Waals surface area contributed by atoms with Crippen LogP contribution in [0.3, 0.4) is 0 Å². The summed E-state index contributed by atoms with van der Waals surface area (Å²) in [6.45, 7) is 0.208. The molecule has 1 fully saturated rings. The van der Waals surface area contributed by atoms with Gasteiger partial charge in [-0.2, -0.15) is 4.98 Å². The summed E-state index contributed by atoms with van der Waals surface area (Å²) in [6, 6.07) is 2.67. The average Bonchev–Trinajstić information content (AvgIpc) is 2.83. The fraction of sp³-hybridized carbons (Fsp3) is 0.182. The smallest absolute Gasteiger partial charge is 0.375 e. The second-order valence-electron chi connectivity index (χ2n) is 4.16. The molecular weight excluding hydrogens is 266 g/mol. The summed E-state index contributed by atoms with van der Waals surface area (Å²) in [7, 11) is 0. The van der Waals surface area contributed by atoms with Crippen LogP contribution in [0.25, 0.3) is 5.65 Å². The third-order valence-corrected chi connectivity index (χ3v) is 2.88. The lowest BCUT2D eigenvalue weighted by Crippen LogP contribution is -2.49. The summed E-state index contributed by atoms with van der Waals surface area (Å²) in [6.07, 6.45) is 1.71. The van der Waals surface area contributed by atoms with Crippen molar-refractivity contribution in [3.05, 3.63) is 24.2 Å². The van der Waals surface area contributed by atoms with Crippen molar-refractivity contribution < 1.29 is 19.5 Å². The first kappa shape index (κ1) is 12.1. The number of nitrogens with zero attached hydrogens (tertiary/aromatic N) is 4. The van der Waals surface area contributed by atoms with Gasteiger partial charge in [0, 0.05) is 19.2 Å². The number of carboxylic acids is 1. The number of hydrogen-bond acceptors (Lipinski definition) is 5. The first-order valence-corrected chi connectivity index (χ1v) is 5.76. The molecule has 20 heavy (non-hydrogen) atoms. The standard InChI is InChI=1S/C11H9N5O4/c17-7-3-5-15(11(20)12-7)6-2-1-4-16-9(6)13-8(14-16)10(18)19/h1-2,4H,3,5H2,(H,18,19)(H,12,17,20). The zero-order valence-electron chi connectivity index (χ0n) is 10.1. The Morgan fingerprint density at radius 2 is 2.20 bits per heavy atom. The predicted octanol–water partition coefficient (Wildman–Crippen LogP) is -0.126. The Labute approximate surface area is 111 Å². The molecule has 9 nitrogen and oxygen atoms in total. The number of hydrogen-bond donors (Lipinski definition) is 2. The van der Waals surface area contributed by atoms with Crippen LogP contribution in [0.5, 0.6) is 0 Å². The van der Waals surface area contributed by atoms with E-state index in [4.69, 9.17) is 5.11 Å². The highest BCUT2D eigenvalue weighted by Crippen LogP contribution is 2.21. The molecule has 0 bridgehead atoms. The summed E-state index contributed by atoms with van der Waals surface area (Å²) in [5.74, 6) is -1.95. The topological polar surface area (TPSA) is 117 Å². The van der Waals surface area contributed by atoms with Crippen LogP contribution in [-0.2, 0) is 4.79 Å². The van der Waals surface area contributed by atoms with Gasteiger partial charge in [-0.25, -0.2) is 14.1 Å². The average molecular weight is 275 g/mol. The highest BCUT2D eigenvalue weighted by molar-refractivity contribution is 6.07. The number of anilines is 1. The zero-order valence-corrected chi connectivity index (χ0v) is 10.1. The molecule has 3 heterocycles. The molecule has 2 N–H and O–H groups in total. The number of fused-ring (bicyclic) bond motifs is 1. The van der Waals surface area contributed by atoms with Crippen LogP contribution in [0.4, 0.5) is 10.5 Å². The molecule has 1 aliphatic rings. The zero-order chi connectivity index (χ0) is 14.3. The third-order valence-electron chi connectivity index (χ3n) is 2.88. The van der Waals surface area contributed by atoms with Gasteiger partial charge in [0.25, 0.3) is 5.82 Å². The SMILES string of the molecule is O=C1CCN(c2cccn3nc(C(=O)O)nc23)C(=O)N1. The molecule has 0 saturated carbocycles. The lowest BCUT2D eigenvalue weighted by molar-refractivity contribution is -0.120. The van der Waals surface area contributed by atoms with Gasteiger partial charge in [-0.05, 0) is 12.1 Å². The summed E-state index contributed by atoms with van der Waals surface area (Å²) in [5.41, 5.74) is 0.645. The van der Waals surface area contributed by atoms with E-state index in [9.17, 15) is 14.4 Å². The van der Waals surface area contributed by atoms with Crippen molar-refractivity contribution in [1.82, 2.24) is 19.9 Å². The van der Waals surface area contributed by atoms with Crippen LogP contribution in [0.15, 0.2) is 18.3 Å². The second kappa shape index (κ2) is 4.30. The molecule has 2 aromatic heterocycles. The van der Waals surface area contributed by atoms with Gasteiger partial charge in [-0.1, -0.05) is 0 Å². The Hall–Kier alpha value is -2.97.